The van der Waals surface area contributed by atoms with Crippen molar-refractivity contribution in [3.63, 3.8) is 0 Å². The van der Waals surface area contributed by atoms with E-state index in [0.717, 1.165) is 33.3 Å². The fraction of sp³-hybridized carbons (Fsp3) is 0.125. The van der Waals surface area contributed by atoms with Gasteiger partial charge in [0.15, 0.2) is 11.5 Å². The Morgan fingerprint density at radius 3 is 2.59 bits per heavy atom. The van der Waals surface area contributed by atoms with Crippen molar-refractivity contribution in [3.05, 3.63) is 77.9 Å². The van der Waals surface area contributed by atoms with Gasteiger partial charge < -0.3 is 9.64 Å². The van der Waals surface area contributed by atoms with Crippen LogP contribution in [0.3, 0.4) is 0 Å². The lowest BCUT2D eigenvalue weighted by molar-refractivity contribution is 0.473. The van der Waals surface area contributed by atoms with Crippen LogP contribution in [0.15, 0.2) is 66.7 Å². The minimum Gasteiger partial charge on any atom is -0.452 e. The fourth-order valence-corrected chi connectivity index (χ4v) is 3.54. The summed E-state index contributed by atoms with van der Waals surface area (Å²) < 4.78 is 30.9. The first-order valence-corrected chi connectivity index (χ1v) is 8.92. The van der Waals surface area contributed by atoms with Gasteiger partial charge in [0.2, 0.25) is 0 Å². The van der Waals surface area contributed by atoms with Gasteiger partial charge in [-0.15, -0.1) is 0 Å². The van der Waals surface area contributed by atoms with Crippen LogP contribution in [0.4, 0.5) is 11.4 Å². The fourth-order valence-electron chi connectivity index (χ4n) is 3.54. The molecule has 2 heterocycles. The third-order valence-corrected chi connectivity index (χ3v) is 5.21. The van der Waals surface area contributed by atoms with E-state index in [1.165, 1.54) is 4.90 Å². The van der Waals surface area contributed by atoms with E-state index >= 15 is 0 Å². The van der Waals surface area contributed by atoms with Crippen LogP contribution in [0.5, 0.6) is 11.5 Å². The van der Waals surface area contributed by atoms with Gasteiger partial charge in [0, 0.05) is 22.0 Å². The number of ether oxygens (including phenoxy) is 1. The zero-order chi connectivity index (χ0) is 21.0. The Morgan fingerprint density at radius 1 is 0.852 bits per heavy atom. The Morgan fingerprint density at radius 2 is 1.70 bits per heavy atom. The Labute approximate surface area is 163 Å². The molecule has 1 aromatic heterocycles. The number of anilines is 2. The molecular weight excluding hydrogens is 332 g/mol. The molecule has 132 valence electrons. The van der Waals surface area contributed by atoms with Crippen LogP contribution in [-0.4, -0.2) is 12.0 Å². The maximum atomic E-state index is 8.18. The summed E-state index contributed by atoms with van der Waals surface area (Å²) in [5, 5.41) is 1.05. The maximum Gasteiger partial charge on any atom is 0.160 e. The van der Waals surface area contributed by atoms with E-state index in [4.69, 9.17) is 13.8 Å². The first-order chi connectivity index (χ1) is 14.3. The van der Waals surface area contributed by atoms with E-state index in [-0.39, 0.29) is 0 Å². The molecular formula is C24H20N2O. The van der Waals surface area contributed by atoms with Gasteiger partial charge in [-0.3, -0.25) is 0 Å². The van der Waals surface area contributed by atoms with Gasteiger partial charge in [0.25, 0.3) is 0 Å². The molecule has 27 heavy (non-hydrogen) atoms. The van der Waals surface area contributed by atoms with Crippen molar-refractivity contribution in [2.75, 3.05) is 11.9 Å². The predicted molar refractivity (Wildman–Crippen MR) is 111 cm³/mol. The standard InChI is InChI=1S/C24H20N2O/c1-15-11-14-22-23(16(15)2)27-24-18(8-6-10-21(24)26(22)3)20-13-12-17-7-4-5-9-19(17)25-20/h4-14H,1-3H3/i3D3. The summed E-state index contributed by atoms with van der Waals surface area (Å²) in [5.74, 6) is 1.09. The van der Waals surface area contributed by atoms with E-state index in [2.05, 4.69) is 0 Å². The molecule has 0 atom stereocenters. The van der Waals surface area contributed by atoms with Crippen LogP contribution in [-0.2, 0) is 0 Å². The van der Waals surface area contributed by atoms with Crippen molar-refractivity contribution in [2.24, 2.45) is 0 Å². The lowest BCUT2D eigenvalue weighted by Gasteiger charge is -2.32. The van der Waals surface area contributed by atoms with Crippen molar-refractivity contribution in [2.45, 2.75) is 13.8 Å². The highest BCUT2D eigenvalue weighted by molar-refractivity contribution is 5.88. The number of para-hydroxylation sites is 2. The van der Waals surface area contributed by atoms with Crippen LogP contribution >= 0.6 is 0 Å². The Hall–Kier alpha value is -3.33. The zero-order valence-electron chi connectivity index (χ0n) is 18.2. The van der Waals surface area contributed by atoms with Crippen molar-refractivity contribution >= 4 is 22.3 Å². The topological polar surface area (TPSA) is 25.4 Å². The Kier molecular flexibility index (Phi) is 2.80. The molecule has 3 aromatic carbocycles. The van der Waals surface area contributed by atoms with Gasteiger partial charge in [-0.05, 0) is 55.3 Å². The summed E-state index contributed by atoms with van der Waals surface area (Å²) in [6.07, 6.45) is 0. The molecule has 0 bridgehead atoms. The van der Waals surface area contributed by atoms with Crippen molar-refractivity contribution in [1.29, 1.82) is 0 Å². The van der Waals surface area contributed by atoms with Crippen LogP contribution < -0.4 is 9.64 Å². The van der Waals surface area contributed by atoms with Crippen molar-refractivity contribution in [3.8, 4) is 22.8 Å². The molecule has 0 unspecified atom stereocenters. The Bertz CT molecular complexity index is 1300. The summed E-state index contributed by atoms with van der Waals surface area (Å²) >= 11 is 0. The summed E-state index contributed by atoms with van der Waals surface area (Å²) in [6, 6.07) is 21.2. The molecule has 4 aromatic rings. The smallest absolute Gasteiger partial charge is 0.160 e. The third-order valence-electron chi connectivity index (χ3n) is 5.21. The zero-order valence-corrected chi connectivity index (χ0v) is 15.2. The summed E-state index contributed by atoms with van der Waals surface area (Å²) in [7, 11) is 0. The summed E-state index contributed by atoms with van der Waals surface area (Å²) in [5.41, 5.74) is 5.41. The number of hydrogen-bond acceptors (Lipinski definition) is 3. The van der Waals surface area contributed by atoms with Gasteiger partial charge in [-0.1, -0.05) is 36.4 Å². The number of rotatable bonds is 1. The van der Waals surface area contributed by atoms with Gasteiger partial charge in [0.1, 0.15) is 0 Å². The number of fused-ring (bicyclic) bond motifs is 3. The lowest BCUT2D eigenvalue weighted by Crippen LogP contribution is -2.17. The number of aryl methyl sites for hydroxylation is 1. The predicted octanol–water partition coefficient (Wildman–Crippen LogP) is 6.39. The van der Waals surface area contributed by atoms with E-state index in [9.17, 15) is 0 Å². The quantitative estimate of drug-likeness (QED) is 0.395. The Balaban J connectivity index is 1.76. The SMILES string of the molecule is [2H]C([2H])([2H])N1c2cccc(-c3ccc4ccccc4n3)c2Oc2c1ccc(C)c2C. The van der Waals surface area contributed by atoms with Crippen LogP contribution in [0, 0.1) is 13.8 Å². The number of benzene rings is 3. The second-order valence-electron chi connectivity index (χ2n) is 6.84. The number of nitrogens with zero attached hydrogens (tertiary/aromatic N) is 2. The third kappa shape index (κ3) is 2.39. The molecule has 0 amide bonds. The maximum absolute atomic E-state index is 8.18. The molecule has 0 fully saturated rings. The highest BCUT2D eigenvalue weighted by Crippen LogP contribution is 2.51. The first-order valence-electron chi connectivity index (χ1n) is 10.4. The largest absolute Gasteiger partial charge is 0.452 e. The van der Waals surface area contributed by atoms with E-state index < -0.39 is 6.98 Å². The normalized spacial score (nSPS) is 14.6. The van der Waals surface area contributed by atoms with Gasteiger partial charge in [0.05, 0.1) is 22.6 Å². The van der Waals surface area contributed by atoms with E-state index in [0.29, 0.717) is 22.9 Å². The molecule has 0 N–H and O–H groups in total. The van der Waals surface area contributed by atoms with Crippen LogP contribution in [0.1, 0.15) is 15.2 Å². The second kappa shape index (κ2) is 5.85. The monoisotopic (exact) mass is 355 g/mol. The van der Waals surface area contributed by atoms with E-state index in [1.54, 1.807) is 6.07 Å². The minimum atomic E-state index is -2.36. The van der Waals surface area contributed by atoms with Crippen molar-refractivity contribution in [1.82, 2.24) is 4.98 Å². The molecule has 0 spiro atoms. The molecule has 0 saturated heterocycles. The molecule has 1 aliphatic heterocycles. The number of pyridine rings is 1. The summed E-state index contributed by atoms with van der Waals surface area (Å²) in [6.45, 7) is 1.59. The van der Waals surface area contributed by atoms with Crippen LogP contribution in [0.25, 0.3) is 22.2 Å². The molecule has 0 saturated carbocycles. The average molecular weight is 355 g/mol. The molecule has 1 aliphatic rings. The number of aromatic nitrogens is 1. The molecule has 0 radical (unpaired) electrons. The second-order valence-corrected chi connectivity index (χ2v) is 6.84. The van der Waals surface area contributed by atoms with Crippen LogP contribution in [0.2, 0.25) is 0 Å². The highest BCUT2D eigenvalue weighted by atomic mass is 16.5. The minimum absolute atomic E-state index is 0.512. The summed E-state index contributed by atoms with van der Waals surface area (Å²) in [4.78, 5) is 6.18. The van der Waals surface area contributed by atoms with Gasteiger partial charge in [-0.2, -0.15) is 0 Å². The van der Waals surface area contributed by atoms with Crippen molar-refractivity contribution < 1.29 is 8.85 Å². The van der Waals surface area contributed by atoms with E-state index in [1.807, 2.05) is 74.5 Å². The number of hydrogen-bond donors (Lipinski definition) is 0. The first kappa shape index (κ1) is 12.9. The molecule has 0 aliphatic carbocycles. The molecule has 3 nitrogen and oxygen atoms in total. The molecule has 5 rings (SSSR count). The molecule has 3 heteroatoms. The highest BCUT2D eigenvalue weighted by Gasteiger charge is 2.26. The van der Waals surface area contributed by atoms with Gasteiger partial charge in [-0.25, -0.2) is 4.98 Å². The van der Waals surface area contributed by atoms with Gasteiger partial charge >= 0.3 is 0 Å². The lowest BCUT2D eigenvalue weighted by atomic mass is 10.0. The average Bonchev–Trinajstić information content (AvgIpc) is 2.73.